The normalized spacial score (nSPS) is 15.1. The molecule has 2 heterocycles. The molecule has 1 aromatic heterocycles. The van der Waals surface area contributed by atoms with Gasteiger partial charge in [0, 0.05) is 11.1 Å². The summed E-state index contributed by atoms with van der Waals surface area (Å²) in [5.74, 6) is -2.51. The fraction of sp³-hybridized carbons (Fsp3) is 0.0690. The summed E-state index contributed by atoms with van der Waals surface area (Å²) in [6, 6.07) is 11.9. The Kier molecular flexibility index (Phi) is 8.46. The number of imide groups is 1. The number of aromatic nitrogens is 1. The number of carbonyl (C=O) groups excluding carboxylic acids is 2. The highest BCUT2D eigenvalue weighted by Gasteiger charge is 2.36. The molecule has 0 bridgehead atoms. The number of nitrogens with zero attached hydrogens (tertiary/aromatic N) is 4. The maximum atomic E-state index is 13.4. The van der Waals surface area contributed by atoms with Crippen molar-refractivity contribution in [1.29, 1.82) is 10.5 Å². The molecule has 2 amide bonds. The standard InChI is InChI=1S/C29H20N4O10S2/c1-16-22(26(34)32(28(36)24(16)14-30)18-6-10-20(11-7-18)44(38,39)40)4-3-5-23-17(2)25(15-31)29(37)33(27(23)35)19-8-12-21(13-9-19)45(41,42)43/h3-13,34H,1-2H3,(H,38,39,40)(H,41,42,43)/b4-3+,23-5-. The number of benzene rings is 2. The molecule has 0 aliphatic carbocycles. The molecule has 0 fully saturated rings. The number of carbonyl (C=O) groups is 2. The minimum atomic E-state index is -4.56. The van der Waals surface area contributed by atoms with Crippen molar-refractivity contribution in [3.8, 4) is 23.7 Å². The van der Waals surface area contributed by atoms with Crippen LogP contribution in [0.4, 0.5) is 5.69 Å². The first kappa shape index (κ1) is 32.3. The van der Waals surface area contributed by atoms with E-state index in [0.717, 1.165) is 53.1 Å². The van der Waals surface area contributed by atoms with Crippen LogP contribution in [0.25, 0.3) is 11.8 Å². The third kappa shape index (κ3) is 5.94. The minimum absolute atomic E-state index is 0.0190. The predicted octanol–water partition coefficient (Wildman–Crippen LogP) is 2.57. The summed E-state index contributed by atoms with van der Waals surface area (Å²) in [5.41, 5.74) is -1.89. The molecule has 1 aliphatic heterocycles. The van der Waals surface area contributed by atoms with Crippen molar-refractivity contribution < 1.29 is 40.6 Å². The van der Waals surface area contributed by atoms with Gasteiger partial charge in [-0.15, -0.1) is 0 Å². The van der Waals surface area contributed by atoms with E-state index >= 15 is 0 Å². The Hall–Kier alpha value is -5.65. The number of hydrogen-bond acceptors (Lipinski definition) is 10. The van der Waals surface area contributed by atoms with Gasteiger partial charge in [0.2, 0.25) is 5.88 Å². The first-order valence-corrected chi connectivity index (χ1v) is 15.3. The highest BCUT2D eigenvalue weighted by molar-refractivity contribution is 7.86. The highest BCUT2D eigenvalue weighted by atomic mass is 32.2. The maximum Gasteiger partial charge on any atom is 0.294 e. The molecule has 16 heteroatoms. The van der Waals surface area contributed by atoms with Crippen molar-refractivity contribution in [2.45, 2.75) is 23.6 Å². The van der Waals surface area contributed by atoms with Gasteiger partial charge in [0.05, 0.1) is 21.2 Å². The topological polar surface area (TPSA) is 236 Å². The average Bonchev–Trinajstić information content (AvgIpc) is 2.96. The van der Waals surface area contributed by atoms with E-state index in [2.05, 4.69) is 0 Å². The van der Waals surface area contributed by atoms with Gasteiger partial charge in [0.15, 0.2) is 0 Å². The van der Waals surface area contributed by atoms with Gasteiger partial charge in [-0.05, 0) is 85.7 Å². The average molecular weight is 649 g/mol. The lowest BCUT2D eigenvalue weighted by Gasteiger charge is -2.27. The summed E-state index contributed by atoms with van der Waals surface area (Å²) < 4.78 is 64.8. The number of rotatable bonds is 6. The molecule has 2 aromatic carbocycles. The summed E-state index contributed by atoms with van der Waals surface area (Å²) in [6.07, 6.45) is 3.75. The lowest BCUT2D eigenvalue weighted by molar-refractivity contribution is -0.122. The zero-order valence-corrected chi connectivity index (χ0v) is 24.8. The molecule has 3 aromatic rings. The molecule has 14 nitrogen and oxygen atoms in total. The number of allylic oxidation sites excluding steroid dienone is 2. The molecular weight excluding hydrogens is 628 g/mol. The second-order valence-electron chi connectivity index (χ2n) is 9.42. The van der Waals surface area contributed by atoms with Gasteiger partial charge in [-0.3, -0.25) is 23.5 Å². The van der Waals surface area contributed by atoms with Gasteiger partial charge in [-0.2, -0.15) is 27.4 Å². The van der Waals surface area contributed by atoms with E-state index < -0.39 is 53.3 Å². The molecule has 3 N–H and O–H groups in total. The fourth-order valence-electron chi connectivity index (χ4n) is 4.48. The van der Waals surface area contributed by atoms with Crippen molar-refractivity contribution in [3.05, 3.63) is 104 Å². The Morgan fingerprint density at radius 3 is 1.76 bits per heavy atom. The number of amides is 2. The lowest BCUT2D eigenvalue weighted by atomic mass is 9.94. The van der Waals surface area contributed by atoms with E-state index in [1.165, 1.54) is 32.1 Å². The smallest absolute Gasteiger partial charge is 0.294 e. The number of pyridine rings is 1. The van der Waals surface area contributed by atoms with Crippen molar-refractivity contribution in [3.63, 3.8) is 0 Å². The molecule has 228 valence electrons. The Bertz CT molecular complexity index is 2250. The van der Waals surface area contributed by atoms with E-state index in [4.69, 9.17) is 0 Å². The van der Waals surface area contributed by atoms with Crippen molar-refractivity contribution in [2.75, 3.05) is 4.90 Å². The fourth-order valence-corrected chi connectivity index (χ4v) is 5.44. The van der Waals surface area contributed by atoms with Gasteiger partial charge in [0.1, 0.15) is 23.3 Å². The van der Waals surface area contributed by atoms with Gasteiger partial charge in [-0.1, -0.05) is 6.08 Å². The number of hydrogen-bond donors (Lipinski definition) is 3. The van der Waals surface area contributed by atoms with Crippen LogP contribution in [0.2, 0.25) is 0 Å². The highest BCUT2D eigenvalue weighted by Crippen LogP contribution is 2.31. The summed E-state index contributed by atoms with van der Waals surface area (Å²) in [7, 11) is -9.11. The zero-order chi connectivity index (χ0) is 33.4. The molecule has 1 aliphatic rings. The molecule has 0 radical (unpaired) electrons. The summed E-state index contributed by atoms with van der Waals surface area (Å²) in [5, 5.41) is 30.4. The van der Waals surface area contributed by atoms with E-state index in [-0.39, 0.29) is 44.8 Å². The Labute approximate surface area is 255 Å². The number of nitriles is 2. The molecule has 45 heavy (non-hydrogen) atoms. The van der Waals surface area contributed by atoms with Crippen LogP contribution in [-0.4, -0.2) is 47.4 Å². The van der Waals surface area contributed by atoms with Crippen molar-refractivity contribution in [2.24, 2.45) is 0 Å². The monoisotopic (exact) mass is 648 g/mol. The van der Waals surface area contributed by atoms with Gasteiger partial charge in [0.25, 0.3) is 37.6 Å². The molecule has 0 saturated carbocycles. The Morgan fingerprint density at radius 2 is 1.29 bits per heavy atom. The number of anilines is 1. The van der Waals surface area contributed by atoms with Gasteiger partial charge >= 0.3 is 0 Å². The molecule has 0 unspecified atom stereocenters. The van der Waals surface area contributed by atoms with E-state index in [0.29, 0.717) is 4.90 Å². The molecule has 4 rings (SSSR count). The largest absolute Gasteiger partial charge is 0.494 e. The van der Waals surface area contributed by atoms with Gasteiger partial charge in [-0.25, -0.2) is 9.47 Å². The quantitative estimate of drug-likeness (QED) is 0.199. The zero-order valence-electron chi connectivity index (χ0n) is 23.2. The van der Waals surface area contributed by atoms with Crippen LogP contribution in [0.1, 0.15) is 23.6 Å². The number of aromatic hydroxyl groups is 1. The van der Waals surface area contributed by atoms with Crippen LogP contribution in [0.3, 0.4) is 0 Å². The van der Waals surface area contributed by atoms with Crippen LogP contribution in [0, 0.1) is 29.6 Å². The van der Waals surface area contributed by atoms with E-state index in [9.17, 15) is 56.0 Å². The Balaban J connectivity index is 1.83. The first-order chi connectivity index (χ1) is 21.0. The first-order valence-electron chi connectivity index (χ1n) is 12.5. The summed E-state index contributed by atoms with van der Waals surface area (Å²) >= 11 is 0. The molecule has 0 atom stereocenters. The summed E-state index contributed by atoms with van der Waals surface area (Å²) in [4.78, 5) is 39.2. The predicted molar refractivity (Wildman–Crippen MR) is 157 cm³/mol. The van der Waals surface area contributed by atoms with Crippen molar-refractivity contribution >= 4 is 43.8 Å². The second kappa shape index (κ2) is 11.8. The molecule has 0 saturated heterocycles. The molecule has 0 spiro atoms. The third-order valence-electron chi connectivity index (χ3n) is 6.81. The second-order valence-corrected chi connectivity index (χ2v) is 12.3. The van der Waals surface area contributed by atoms with Crippen LogP contribution < -0.4 is 10.5 Å². The van der Waals surface area contributed by atoms with E-state index in [1.54, 1.807) is 12.1 Å². The van der Waals surface area contributed by atoms with Crippen LogP contribution in [0.15, 0.2) is 92.0 Å². The van der Waals surface area contributed by atoms with Crippen LogP contribution >= 0.6 is 0 Å². The molecular formula is C29H20N4O10S2. The van der Waals surface area contributed by atoms with Crippen LogP contribution in [-0.2, 0) is 29.8 Å². The Morgan fingerprint density at radius 1 is 0.778 bits per heavy atom. The third-order valence-corrected chi connectivity index (χ3v) is 8.55. The maximum absolute atomic E-state index is 13.4. The van der Waals surface area contributed by atoms with E-state index in [1.807, 2.05) is 0 Å². The lowest BCUT2D eigenvalue weighted by Crippen LogP contribution is -2.42. The SMILES string of the molecule is CC1=C(C#N)C(=O)N(c2ccc(S(=O)(=O)O)cc2)C(=O)/C1=C\C=C\c1c(C)c(C#N)c(=O)n(-c2ccc(S(=O)(=O)O)cc2)c1O. The van der Waals surface area contributed by atoms with Gasteiger partial charge < -0.3 is 5.11 Å². The van der Waals surface area contributed by atoms with Crippen molar-refractivity contribution in [1.82, 2.24) is 4.57 Å². The van der Waals surface area contributed by atoms with Crippen LogP contribution in [0.5, 0.6) is 5.88 Å². The summed E-state index contributed by atoms with van der Waals surface area (Å²) in [6.45, 7) is 2.75. The minimum Gasteiger partial charge on any atom is -0.494 e.